The van der Waals surface area contributed by atoms with E-state index in [1.165, 1.54) is 28.8 Å². The van der Waals surface area contributed by atoms with Crippen molar-refractivity contribution in [1.82, 2.24) is 0 Å². The van der Waals surface area contributed by atoms with E-state index in [1.54, 1.807) is 0 Å². The van der Waals surface area contributed by atoms with Gasteiger partial charge in [0.05, 0.1) is 12.1 Å². The minimum Gasteiger partial charge on any atom is -0.378 e. The number of hydrogen-bond acceptors (Lipinski definition) is 2. The fraction of sp³-hybridized carbons (Fsp3) is 0.368. The van der Waals surface area contributed by atoms with E-state index < -0.39 is 0 Å². The Kier molecular flexibility index (Phi) is 3.59. The summed E-state index contributed by atoms with van der Waals surface area (Å²) < 4.78 is 6.17. The van der Waals surface area contributed by atoms with Crippen molar-refractivity contribution in [2.75, 3.05) is 11.9 Å². The number of nitrogens with one attached hydrogen (secondary N) is 1. The van der Waals surface area contributed by atoms with E-state index in [2.05, 4.69) is 42.6 Å². The normalized spacial score (nSPS) is 26.7. The monoisotopic (exact) mass is 313 g/mol. The third kappa shape index (κ3) is 2.41. The summed E-state index contributed by atoms with van der Waals surface area (Å²) in [6, 6.07) is 15.1. The summed E-state index contributed by atoms with van der Waals surface area (Å²) in [5.74, 6) is 0.476. The van der Waals surface area contributed by atoms with E-state index in [0.717, 1.165) is 18.1 Å². The molecule has 3 atom stereocenters. The molecule has 2 aliphatic rings. The van der Waals surface area contributed by atoms with Gasteiger partial charge in [-0.2, -0.15) is 0 Å². The zero-order valence-electron chi connectivity index (χ0n) is 12.7. The molecule has 0 amide bonds. The highest BCUT2D eigenvalue weighted by Crippen LogP contribution is 2.49. The van der Waals surface area contributed by atoms with Gasteiger partial charge in [0.2, 0.25) is 0 Å². The maximum absolute atomic E-state index is 6.17. The van der Waals surface area contributed by atoms with Crippen LogP contribution in [-0.2, 0) is 4.74 Å². The number of halogens is 1. The average Bonchev–Trinajstić information content (AvgIpc) is 2.55. The molecule has 114 valence electrons. The first-order valence-corrected chi connectivity index (χ1v) is 8.34. The molecule has 22 heavy (non-hydrogen) atoms. The largest absolute Gasteiger partial charge is 0.378 e. The molecule has 0 unspecified atom stereocenters. The van der Waals surface area contributed by atoms with Crippen molar-refractivity contribution < 1.29 is 4.74 Å². The minimum absolute atomic E-state index is 0.200. The van der Waals surface area contributed by atoms with Gasteiger partial charge < -0.3 is 10.1 Å². The van der Waals surface area contributed by atoms with Gasteiger partial charge in [-0.3, -0.25) is 0 Å². The lowest BCUT2D eigenvalue weighted by Crippen LogP contribution is -2.36. The van der Waals surface area contributed by atoms with Crippen molar-refractivity contribution in [3.05, 3.63) is 64.2 Å². The first-order chi connectivity index (χ1) is 10.7. The van der Waals surface area contributed by atoms with Crippen LogP contribution >= 0.6 is 11.6 Å². The van der Waals surface area contributed by atoms with Gasteiger partial charge in [0.1, 0.15) is 0 Å². The predicted molar refractivity (Wildman–Crippen MR) is 90.4 cm³/mol. The Morgan fingerprint density at radius 1 is 1.14 bits per heavy atom. The molecule has 0 saturated carbocycles. The van der Waals surface area contributed by atoms with Gasteiger partial charge in [-0.25, -0.2) is 0 Å². The zero-order valence-corrected chi connectivity index (χ0v) is 13.4. The molecular formula is C19H20ClNO. The van der Waals surface area contributed by atoms with Crippen molar-refractivity contribution >= 4 is 17.3 Å². The first-order valence-electron chi connectivity index (χ1n) is 7.96. The van der Waals surface area contributed by atoms with Crippen LogP contribution in [0.25, 0.3) is 0 Å². The van der Waals surface area contributed by atoms with Crippen LogP contribution in [0.15, 0.2) is 42.5 Å². The second-order valence-electron chi connectivity index (χ2n) is 6.36. The van der Waals surface area contributed by atoms with Gasteiger partial charge in [0, 0.05) is 28.8 Å². The van der Waals surface area contributed by atoms with Crippen LogP contribution in [0.4, 0.5) is 5.69 Å². The summed E-state index contributed by atoms with van der Waals surface area (Å²) in [5, 5.41) is 4.52. The van der Waals surface area contributed by atoms with Gasteiger partial charge in [0.25, 0.3) is 0 Å². The van der Waals surface area contributed by atoms with Gasteiger partial charge >= 0.3 is 0 Å². The smallest absolute Gasteiger partial charge is 0.0895 e. The third-order valence-electron chi connectivity index (χ3n) is 4.85. The summed E-state index contributed by atoms with van der Waals surface area (Å²) >= 11 is 6.04. The van der Waals surface area contributed by atoms with E-state index >= 15 is 0 Å². The molecule has 0 radical (unpaired) electrons. The summed E-state index contributed by atoms with van der Waals surface area (Å²) in [6.45, 7) is 3.01. The molecule has 2 aromatic rings. The number of rotatable bonds is 1. The fourth-order valence-electron chi connectivity index (χ4n) is 3.79. The van der Waals surface area contributed by atoms with Crippen LogP contribution < -0.4 is 5.32 Å². The van der Waals surface area contributed by atoms with Crippen molar-refractivity contribution in [2.24, 2.45) is 5.92 Å². The molecule has 4 rings (SSSR count). The van der Waals surface area contributed by atoms with Crippen LogP contribution in [0.2, 0.25) is 5.02 Å². The SMILES string of the molecule is Cc1ccc2c(c1)[C@H]1OCCC[C@H]1[C@H](c1ccc(Cl)cc1)N2. The Hall–Kier alpha value is -1.51. The number of hydrogen-bond donors (Lipinski definition) is 1. The molecule has 2 aromatic carbocycles. The topological polar surface area (TPSA) is 21.3 Å². The molecule has 0 aliphatic carbocycles. The molecule has 1 saturated heterocycles. The Balaban J connectivity index is 1.77. The Morgan fingerprint density at radius 3 is 2.77 bits per heavy atom. The Bertz CT molecular complexity index is 682. The molecule has 0 bridgehead atoms. The lowest BCUT2D eigenvalue weighted by atomic mass is 9.77. The van der Waals surface area contributed by atoms with E-state index in [9.17, 15) is 0 Å². The lowest BCUT2D eigenvalue weighted by Gasteiger charge is -2.43. The summed E-state index contributed by atoms with van der Waals surface area (Å²) in [4.78, 5) is 0. The van der Waals surface area contributed by atoms with Crippen LogP contribution in [0.1, 0.15) is 41.7 Å². The lowest BCUT2D eigenvalue weighted by molar-refractivity contribution is -0.0381. The number of aryl methyl sites for hydroxylation is 1. The van der Waals surface area contributed by atoms with Crippen LogP contribution in [-0.4, -0.2) is 6.61 Å². The number of fused-ring (bicyclic) bond motifs is 3. The second-order valence-corrected chi connectivity index (χ2v) is 6.80. The van der Waals surface area contributed by atoms with Gasteiger partial charge in [-0.15, -0.1) is 0 Å². The molecule has 0 spiro atoms. The fourth-order valence-corrected chi connectivity index (χ4v) is 3.92. The van der Waals surface area contributed by atoms with Crippen LogP contribution in [0, 0.1) is 12.8 Å². The van der Waals surface area contributed by atoms with Crippen molar-refractivity contribution in [3.63, 3.8) is 0 Å². The average molecular weight is 314 g/mol. The van der Waals surface area contributed by atoms with Crippen molar-refractivity contribution in [3.8, 4) is 0 Å². The quantitative estimate of drug-likeness (QED) is 0.773. The predicted octanol–water partition coefficient (Wildman–Crippen LogP) is 5.28. The zero-order chi connectivity index (χ0) is 15.1. The Labute approximate surface area is 136 Å². The molecule has 1 fully saturated rings. The van der Waals surface area contributed by atoms with Gasteiger partial charge in [-0.1, -0.05) is 41.4 Å². The molecule has 2 heterocycles. The van der Waals surface area contributed by atoms with E-state index in [0.29, 0.717) is 5.92 Å². The maximum Gasteiger partial charge on any atom is 0.0895 e. The molecule has 0 aromatic heterocycles. The summed E-state index contributed by atoms with van der Waals surface area (Å²) in [6.07, 6.45) is 2.53. The highest BCUT2D eigenvalue weighted by atomic mass is 35.5. The minimum atomic E-state index is 0.200. The number of benzene rings is 2. The first kappa shape index (κ1) is 14.1. The molecule has 2 nitrogen and oxygen atoms in total. The molecule has 1 N–H and O–H groups in total. The van der Waals surface area contributed by atoms with E-state index in [1.807, 2.05) is 12.1 Å². The highest BCUT2D eigenvalue weighted by Gasteiger charge is 2.39. The number of anilines is 1. The standard InChI is InChI=1S/C19H20ClNO/c1-12-4-9-17-16(11-12)19-15(3-2-10-22-19)18(21-17)13-5-7-14(20)8-6-13/h4-9,11,15,18-19,21H,2-3,10H2,1H3/t15-,18-,19-/m0/s1. The maximum atomic E-state index is 6.17. The van der Waals surface area contributed by atoms with Crippen molar-refractivity contribution in [1.29, 1.82) is 0 Å². The highest BCUT2D eigenvalue weighted by molar-refractivity contribution is 6.30. The molecule has 2 aliphatic heterocycles. The van der Waals surface area contributed by atoms with Gasteiger partial charge in [0.15, 0.2) is 0 Å². The van der Waals surface area contributed by atoms with Crippen LogP contribution in [0.3, 0.4) is 0 Å². The van der Waals surface area contributed by atoms with E-state index in [4.69, 9.17) is 16.3 Å². The summed E-state index contributed by atoms with van der Waals surface area (Å²) in [5.41, 5.74) is 5.10. The Morgan fingerprint density at radius 2 is 1.95 bits per heavy atom. The van der Waals surface area contributed by atoms with Crippen molar-refractivity contribution in [2.45, 2.75) is 31.9 Å². The molecular weight excluding hydrogens is 294 g/mol. The van der Waals surface area contributed by atoms with Crippen LogP contribution in [0.5, 0.6) is 0 Å². The summed E-state index contributed by atoms with van der Waals surface area (Å²) in [7, 11) is 0. The third-order valence-corrected chi connectivity index (χ3v) is 5.10. The second kappa shape index (κ2) is 5.60. The van der Waals surface area contributed by atoms with Gasteiger partial charge in [-0.05, 0) is 43.5 Å². The molecule has 3 heteroatoms. The van der Waals surface area contributed by atoms with E-state index in [-0.39, 0.29) is 12.1 Å². The number of ether oxygens (including phenoxy) is 1.